The predicted molar refractivity (Wildman–Crippen MR) is 68.9 cm³/mol. The molecule has 1 heterocycles. The first-order valence-corrected chi connectivity index (χ1v) is 5.51. The predicted octanol–water partition coefficient (Wildman–Crippen LogP) is 2.85. The highest BCUT2D eigenvalue weighted by molar-refractivity contribution is 6.36. The molecule has 0 saturated carbocycles. The van der Waals surface area contributed by atoms with Crippen molar-refractivity contribution in [1.29, 1.82) is 0 Å². The summed E-state index contributed by atoms with van der Waals surface area (Å²) in [4.78, 5) is 22.1. The van der Waals surface area contributed by atoms with Gasteiger partial charge in [0.15, 0.2) is 0 Å². The van der Waals surface area contributed by atoms with Gasteiger partial charge in [-0.2, -0.15) is 0 Å². The lowest BCUT2D eigenvalue weighted by Crippen LogP contribution is -2.04. The Bertz CT molecular complexity index is 713. The number of hydrogen-bond donors (Lipinski definition) is 1. The molecule has 4 nitrogen and oxygen atoms in total. The van der Waals surface area contributed by atoms with Crippen LogP contribution >= 0.6 is 11.6 Å². The van der Waals surface area contributed by atoms with E-state index in [9.17, 15) is 9.59 Å². The third kappa shape index (κ3) is 2.28. The summed E-state index contributed by atoms with van der Waals surface area (Å²) in [7, 11) is 0. The number of aliphatic carboxylic acids is 1. The fourth-order valence-electron chi connectivity index (χ4n) is 1.59. The van der Waals surface area contributed by atoms with Crippen LogP contribution in [0.2, 0.25) is 5.02 Å². The molecule has 0 bridgehead atoms. The van der Waals surface area contributed by atoms with Gasteiger partial charge in [-0.1, -0.05) is 23.2 Å². The largest absolute Gasteiger partial charge is 0.478 e. The van der Waals surface area contributed by atoms with Crippen molar-refractivity contribution in [3.63, 3.8) is 0 Å². The Balaban J connectivity index is 2.75. The van der Waals surface area contributed by atoms with Crippen LogP contribution in [0.15, 0.2) is 33.5 Å². The molecule has 0 spiro atoms. The van der Waals surface area contributed by atoms with Gasteiger partial charge in [0.1, 0.15) is 5.58 Å². The summed E-state index contributed by atoms with van der Waals surface area (Å²) in [5, 5.41) is 9.33. The van der Waals surface area contributed by atoms with Crippen LogP contribution in [0.3, 0.4) is 0 Å². The van der Waals surface area contributed by atoms with Gasteiger partial charge in [0.25, 0.3) is 0 Å². The molecular weight excluding hydrogens is 256 g/mol. The fraction of sp³-hybridized carbons (Fsp3) is 0.0769. The Morgan fingerprint density at radius 2 is 2.17 bits per heavy atom. The third-order valence-electron chi connectivity index (χ3n) is 2.42. The van der Waals surface area contributed by atoms with E-state index in [0.29, 0.717) is 11.0 Å². The van der Waals surface area contributed by atoms with Crippen molar-refractivity contribution in [2.75, 3.05) is 0 Å². The Hall–Kier alpha value is -2.07. The number of carboxylic acids is 1. The maximum Gasteiger partial charge on any atom is 0.345 e. The van der Waals surface area contributed by atoms with Gasteiger partial charge in [-0.15, -0.1) is 0 Å². The van der Waals surface area contributed by atoms with Gasteiger partial charge in [0.2, 0.25) is 0 Å². The third-order valence-corrected chi connectivity index (χ3v) is 2.83. The van der Waals surface area contributed by atoms with Crippen molar-refractivity contribution >= 4 is 34.6 Å². The molecule has 0 aliphatic heterocycles. The minimum atomic E-state index is -1.16. The normalized spacial score (nSPS) is 11.2. The first-order valence-electron chi connectivity index (χ1n) is 5.13. The second-order valence-electron chi connectivity index (χ2n) is 3.79. The Kier molecular flexibility index (Phi) is 3.21. The van der Waals surface area contributed by atoms with E-state index in [2.05, 4.69) is 0 Å². The summed E-state index contributed by atoms with van der Waals surface area (Å²) in [5.41, 5.74) is 0.723. The second kappa shape index (κ2) is 4.66. The molecule has 92 valence electrons. The van der Waals surface area contributed by atoms with Crippen LogP contribution in [0.5, 0.6) is 0 Å². The van der Waals surface area contributed by atoms with Crippen LogP contribution in [0.25, 0.3) is 17.0 Å². The monoisotopic (exact) mass is 264 g/mol. The molecule has 0 aliphatic rings. The van der Waals surface area contributed by atoms with Gasteiger partial charge in [-0.3, -0.25) is 0 Å². The summed E-state index contributed by atoms with van der Waals surface area (Å²) in [6.45, 7) is 1.88. The summed E-state index contributed by atoms with van der Waals surface area (Å²) >= 11 is 6.10. The van der Waals surface area contributed by atoms with Gasteiger partial charge in [-0.25, -0.2) is 9.59 Å². The zero-order chi connectivity index (χ0) is 13.3. The topological polar surface area (TPSA) is 67.5 Å². The maximum atomic E-state index is 11.7. The van der Waals surface area contributed by atoms with Crippen molar-refractivity contribution < 1.29 is 14.3 Å². The molecular formula is C13H9ClO4. The van der Waals surface area contributed by atoms with Crippen molar-refractivity contribution in [2.24, 2.45) is 0 Å². The van der Waals surface area contributed by atoms with E-state index in [0.717, 1.165) is 17.7 Å². The van der Waals surface area contributed by atoms with Crippen molar-refractivity contribution in [3.8, 4) is 0 Å². The van der Waals surface area contributed by atoms with Gasteiger partial charge < -0.3 is 9.52 Å². The Labute approximate surface area is 107 Å². The van der Waals surface area contributed by atoms with E-state index in [-0.39, 0.29) is 10.6 Å². The van der Waals surface area contributed by atoms with Gasteiger partial charge in [0, 0.05) is 11.5 Å². The molecule has 2 rings (SSSR count). The highest BCUT2D eigenvalue weighted by Crippen LogP contribution is 2.26. The van der Waals surface area contributed by atoms with E-state index in [4.69, 9.17) is 21.1 Å². The summed E-state index contributed by atoms with van der Waals surface area (Å²) < 4.78 is 5.08. The number of carbonyl (C=O) groups is 1. The number of rotatable bonds is 2. The summed E-state index contributed by atoms with van der Waals surface area (Å²) in [5.74, 6) is -1.16. The Morgan fingerprint density at radius 3 is 2.83 bits per heavy atom. The van der Waals surface area contributed by atoms with E-state index in [1.54, 1.807) is 18.2 Å². The lowest BCUT2D eigenvalue weighted by molar-refractivity contribution is -0.131. The SMILES string of the molecule is Cc1ccc2oc(=O)c(/C=C/C(=O)O)c(Cl)c2c1. The lowest BCUT2D eigenvalue weighted by Gasteiger charge is -2.03. The minimum Gasteiger partial charge on any atom is -0.478 e. The highest BCUT2D eigenvalue weighted by atomic mass is 35.5. The van der Waals surface area contributed by atoms with Crippen molar-refractivity contribution in [1.82, 2.24) is 0 Å². The van der Waals surface area contributed by atoms with Gasteiger partial charge in [0.05, 0.1) is 10.6 Å². The minimum absolute atomic E-state index is 0.0390. The smallest absolute Gasteiger partial charge is 0.345 e. The van der Waals surface area contributed by atoms with Crippen molar-refractivity contribution in [2.45, 2.75) is 6.92 Å². The molecule has 0 atom stereocenters. The van der Waals surface area contributed by atoms with E-state index in [1.165, 1.54) is 0 Å². The molecule has 0 radical (unpaired) electrons. The maximum absolute atomic E-state index is 11.7. The average Bonchev–Trinajstić information content (AvgIpc) is 2.30. The standard InChI is InChI=1S/C13H9ClO4/c1-7-2-4-10-9(6-7)12(14)8(13(17)18-10)3-5-11(15)16/h2-6H,1H3,(H,15,16)/b5-3+. The molecule has 0 amide bonds. The summed E-state index contributed by atoms with van der Waals surface area (Å²) in [6, 6.07) is 5.23. The van der Waals surface area contributed by atoms with Crippen LogP contribution in [-0.4, -0.2) is 11.1 Å². The number of carboxylic acid groups (broad SMARTS) is 1. The molecule has 1 aromatic carbocycles. The number of benzene rings is 1. The summed E-state index contributed by atoms with van der Waals surface area (Å²) in [6.07, 6.45) is 1.98. The van der Waals surface area contributed by atoms with Crippen LogP contribution in [-0.2, 0) is 4.79 Å². The van der Waals surface area contributed by atoms with E-state index in [1.807, 2.05) is 6.92 Å². The highest BCUT2D eigenvalue weighted by Gasteiger charge is 2.11. The van der Waals surface area contributed by atoms with Crippen molar-refractivity contribution in [3.05, 3.63) is 50.8 Å². The zero-order valence-electron chi connectivity index (χ0n) is 9.44. The van der Waals surface area contributed by atoms with Crippen LogP contribution in [0, 0.1) is 6.92 Å². The number of fused-ring (bicyclic) bond motifs is 1. The lowest BCUT2D eigenvalue weighted by atomic mass is 10.1. The molecule has 0 fully saturated rings. The van der Waals surface area contributed by atoms with Crippen LogP contribution in [0.1, 0.15) is 11.1 Å². The van der Waals surface area contributed by atoms with Crippen LogP contribution in [0.4, 0.5) is 0 Å². The molecule has 0 unspecified atom stereocenters. The fourth-order valence-corrected chi connectivity index (χ4v) is 1.88. The quantitative estimate of drug-likeness (QED) is 0.669. The number of hydrogen-bond acceptors (Lipinski definition) is 3. The molecule has 1 N–H and O–H groups in total. The zero-order valence-corrected chi connectivity index (χ0v) is 10.2. The van der Waals surface area contributed by atoms with Gasteiger partial charge >= 0.3 is 11.6 Å². The first-order chi connectivity index (χ1) is 8.49. The van der Waals surface area contributed by atoms with Crippen LogP contribution < -0.4 is 5.63 Å². The molecule has 0 saturated heterocycles. The molecule has 1 aromatic heterocycles. The van der Waals surface area contributed by atoms with Gasteiger partial charge in [-0.05, 0) is 25.1 Å². The first kappa shape index (κ1) is 12.4. The van der Waals surface area contributed by atoms with E-state index < -0.39 is 11.6 Å². The second-order valence-corrected chi connectivity index (χ2v) is 4.17. The number of halogens is 1. The number of aryl methyl sites for hydroxylation is 1. The average molecular weight is 265 g/mol. The molecule has 2 aromatic rings. The molecule has 0 aliphatic carbocycles. The Morgan fingerprint density at radius 1 is 1.44 bits per heavy atom. The van der Waals surface area contributed by atoms with E-state index >= 15 is 0 Å². The molecule has 18 heavy (non-hydrogen) atoms. The molecule has 5 heteroatoms.